The highest BCUT2D eigenvalue weighted by molar-refractivity contribution is 7.90. The van der Waals surface area contributed by atoms with Gasteiger partial charge in [0.05, 0.1) is 0 Å². The number of carbonyl (C=O) groups is 1. The van der Waals surface area contributed by atoms with Crippen molar-refractivity contribution in [2.45, 2.75) is 25.5 Å². The second-order valence-electron chi connectivity index (χ2n) is 4.28. The average molecular weight is 235 g/mol. The van der Waals surface area contributed by atoms with Crippen LogP contribution in [0.1, 0.15) is 20.3 Å². The normalized spacial score (nSPS) is 27.7. The number of aliphatic carboxylic acids is 1. The molecule has 1 aliphatic rings. The molecule has 6 heteroatoms. The number of rotatable bonds is 5. The number of carboxylic acids is 1. The SMILES string of the molecule is CC1CC1CN(C)S(=O)(=O)C(C)C(=O)O. The molecular weight excluding hydrogens is 218 g/mol. The highest BCUT2D eigenvalue weighted by atomic mass is 32.2. The van der Waals surface area contributed by atoms with Crippen LogP contribution < -0.4 is 0 Å². The number of sulfonamides is 1. The van der Waals surface area contributed by atoms with Gasteiger partial charge in [-0.1, -0.05) is 6.92 Å². The second kappa shape index (κ2) is 4.09. The van der Waals surface area contributed by atoms with E-state index < -0.39 is 21.2 Å². The van der Waals surface area contributed by atoms with Gasteiger partial charge < -0.3 is 5.11 Å². The van der Waals surface area contributed by atoms with E-state index in [2.05, 4.69) is 6.92 Å². The highest BCUT2D eigenvalue weighted by Crippen LogP contribution is 2.38. The summed E-state index contributed by atoms with van der Waals surface area (Å²) in [6, 6.07) is 0. The van der Waals surface area contributed by atoms with E-state index in [9.17, 15) is 13.2 Å². The summed E-state index contributed by atoms with van der Waals surface area (Å²) in [6.07, 6.45) is 1.03. The summed E-state index contributed by atoms with van der Waals surface area (Å²) in [7, 11) is -2.24. The first kappa shape index (κ1) is 12.4. The molecule has 5 nitrogen and oxygen atoms in total. The van der Waals surface area contributed by atoms with Crippen molar-refractivity contribution in [3.05, 3.63) is 0 Å². The van der Waals surface area contributed by atoms with Crippen LogP contribution in [0.25, 0.3) is 0 Å². The summed E-state index contributed by atoms with van der Waals surface area (Å²) in [5.74, 6) is -0.348. The molecule has 15 heavy (non-hydrogen) atoms. The van der Waals surface area contributed by atoms with Crippen molar-refractivity contribution in [3.63, 3.8) is 0 Å². The molecule has 0 saturated heterocycles. The van der Waals surface area contributed by atoms with E-state index in [1.807, 2.05) is 0 Å². The lowest BCUT2D eigenvalue weighted by Crippen LogP contribution is -2.39. The lowest BCUT2D eigenvalue weighted by molar-refractivity contribution is -0.136. The predicted molar refractivity (Wildman–Crippen MR) is 55.9 cm³/mol. The molecule has 1 aliphatic carbocycles. The molecule has 0 aromatic carbocycles. The van der Waals surface area contributed by atoms with Crippen LogP contribution in [-0.4, -0.2) is 42.6 Å². The maximum atomic E-state index is 11.7. The molecule has 3 unspecified atom stereocenters. The minimum atomic E-state index is -3.68. The van der Waals surface area contributed by atoms with E-state index in [0.29, 0.717) is 18.4 Å². The maximum absolute atomic E-state index is 11.7. The Morgan fingerprint density at radius 3 is 2.40 bits per heavy atom. The standard InChI is InChI=1S/C9H17NO4S/c1-6-4-8(6)5-10(3)15(13,14)7(2)9(11)12/h6-8H,4-5H2,1-3H3,(H,11,12). The molecule has 0 heterocycles. The molecule has 3 atom stereocenters. The second-order valence-corrected chi connectivity index (χ2v) is 6.64. The van der Waals surface area contributed by atoms with Gasteiger partial charge in [0.2, 0.25) is 10.0 Å². The van der Waals surface area contributed by atoms with Gasteiger partial charge in [0.15, 0.2) is 5.25 Å². The fourth-order valence-corrected chi connectivity index (χ4v) is 2.68. The van der Waals surface area contributed by atoms with Crippen molar-refractivity contribution >= 4 is 16.0 Å². The van der Waals surface area contributed by atoms with E-state index in [1.54, 1.807) is 0 Å². The maximum Gasteiger partial charge on any atom is 0.323 e. The quantitative estimate of drug-likeness (QED) is 0.747. The molecule has 1 rings (SSSR count). The monoisotopic (exact) mass is 235 g/mol. The Kier molecular flexibility index (Phi) is 3.40. The molecule has 0 aromatic heterocycles. The average Bonchev–Trinajstić information content (AvgIpc) is 2.80. The van der Waals surface area contributed by atoms with Crippen LogP contribution in [0.5, 0.6) is 0 Å². The first-order chi connectivity index (χ1) is 6.76. The molecule has 1 N–H and O–H groups in total. The van der Waals surface area contributed by atoms with E-state index >= 15 is 0 Å². The van der Waals surface area contributed by atoms with E-state index in [0.717, 1.165) is 6.42 Å². The van der Waals surface area contributed by atoms with Crippen LogP contribution in [0.2, 0.25) is 0 Å². The van der Waals surface area contributed by atoms with Crippen molar-refractivity contribution in [1.29, 1.82) is 0 Å². The lowest BCUT2D eigenvalue weighted by atomic mass is 10.3. The van der Waals surface area contributed by atoms with Crippen molar-refractivity contribution < 1.29 is 18.3 Å². The largest absolute Gasteiger partial charge is 0.480 e. The third-order valence-electron chi connectivity index (χ3n) is 3.00. The van der Waals surface area contributed by atoms with E-state index in [4.69, 9.17) is 5.11 Å². The Bertz CT molecular complexity index is 351. The van der Waals surface area contributed by atoms with Crippen molar-refractivity contribution in [3.8, 4) is 0 Å². The predicted octanol–water partition coefficient (Wildman–Crippen LogP) is 0.377. The zero-order chi connectivity index (χ0) is 11.8. The zero-order valence-electron chi connectivity index (χ0n) is 9.17. The smallest absolute Gasteiger partial charge is 0.323 e. The molecule has 0 aliphatic heterocycles. The number of carboxylic acid groups (broad SMARTS) is 1. The Balaban J connectivity index is 2.64. The van der Waals surface area contributed by atoms with Gasteiger partial charge in [0.25, 0.3) is 0 Å². The molecule has 0 aromatic rings. The topological polar surface area (TPSA) is 74.7 Å². The minimum Gasteiger partial charge on any atom is -0.480 e. The number of hydrogen-bond donors (Lipinski definition) is 1. The third-order valence-corrected chi connectivity index (χ3v) is 5.11. The fraction of sp³-hybridized carbons (Fsp3) is 0.889. The Morgan fingerprint density at radius 2 is 2.07 bits per heavy atom. The highest BCUT2D eigenvalue weighted by Gasteiger charge is 2.38. The minimum absolute atomic E-state index is 0.394. The van der Waals surface area contributed by atoms with Crippen LogP contribution in [0.3, 0.4) is 0 Å². The first-order valence-electron chi connectivity index (χ1n) is 4.94. The summed E-state index contributed by atoms with van der Waals surface area (Å²) in [4.78, 5) is 10.6. The van der Waals surface area contributed by atoms with Gasteiger partial charge in [-0.05, 0) is 25.2 Å². The first-order valence-corrected chi connectivity index (χ1v) is 6.45. The molecule has 1 saturated carbocycles. The summed E-state index contributed by atoms with van der Waals surface area (Å²) < 4.78 is 24.5. The third kappa shape index (κ3) is 2.69. The van der Waals surface area contributed by atoms with Gasteiger partial charge in [-0.15, -0.1) is 0 Å². The molecule has 0 radical (unpaired) electrons. The fourth-order valence-electron chi connectivity index (χ4n) is 1.48. The van der Waals surface area contributed by atoms with Gasteiger partial charge in [-0.25, -0.2) is 12.7 Å². The van der Waals surface area contributed by atoms with E-state index in [1.165, 1.54) is 18.3 Å². The van der Waals surface area contributed by atoms with Crippen molar-refractivity contribution in [2.75, 3.05) is 13.6 Å². The summed E-state index contributed by atoms with van der Waals surface area (Å²) in [6.45, 7) is 3.69. The van der Waals surface area contributed by atoms with E-state index in [-0.39, 0.29) is 0 Å². The van der Waals surface area contributed by atoms with Crippen LogP contribution in [-0.2, 0) is 14.8 Å². The van der Waals surface area contributed by atoms with Gasteiger partial charge in [-0.3, -0.25) is 4.79 Å². The molecular formula is C9H17NO4S. The summed E-state index contributed by atoms with van der Waals surface area (Å²) >= 11 is 0. The number of hydrogen-bond acceptors (Lipinski definition) is 3. The van der Waals surface area contributed by atoms with Gasteiger partial charge >= 0.3 is 5.97 Å². The van der Waals surface area contributed by atoms with Crippen LogP contribution in [0.4, 0.5) is 0 Å². The Hall–Kier alpha value is -0.620. The molecule has 88 valence electrons. The van der Waals surface area contributed by atoms with Gasteiger partial charge in [0, 0.05) is 13.6 Å². The van der Waals surface area contributed by atoms with Gasteiger partial charge in [-0.2, -0.15) is 0 Å². The van der Waals surface area contributed by atoms with Crippen molar-refractivity contribution in [2.24, 2.45) is 11.8 Å². The van der Waals surface area contributed by atoms with Crippen LogP contribution in [0.15, 0.2) is 0 Å². The summed E-state index contributed by atoms with van der Waals surface area (Å²) in [5, 5.41) is 7.30. The Morgan fingerprint density at radius 1 is 1.60 bits per heavy atom. The van der Waals surface area contributed by atoms with Crippen LogP contribution in [0, 0.1) is 11.8 Å². The molecule has 0 bridgehead atoms. The van der Waals surface area contributed by atoms with Crippen LogP contribution >= 0.6 is 0 Å². The molecule has 0 spiro atoms. The summed E-state index contributed by atoms with van der Waals surface area (Å²) in [5.41, 5.74) is 0. The molecule has 1 fully saturated rings. The lowest BCUT2D eigenvalue weighted by Gasteiger charge is -2.19. The van der Waals surface area contributed by atoms with Crippen molar-refractivity contribution in [1.82, 2.24) is 4.31 Å². The number of nitrogens with zero attached hydrogens (tertiary/aromatic N) is 1. The Labute approximate surface area is 90.1 Å². The molecule has 0 amide bonds. The zero-order valence-corrected chi connectivity index (χ0v) is 9.99. The van der Waals surface area contributed by atoms with Gasteiger partial charge in [0.1, 0.15) is 0 Å².